The molecule has 0 aromatic carbocycles. The fourth-order valence-corrected chi connectivity index (χ4v) is 7.14. The largest absolute Gasteiger partial charge is 0.490 e. The average Bonchev–Trinajstić information content (AvgIpc) is 3.35. The molecule has 2 saturated heterocycles. The van der Waals surface area contributed by atoms with Crippen molar-refractivity contribution >= 4 is 40.6 Å². The number of nitrogen functional groups attached to an aromatic ring is 1. The van der Waals surface area contributed by atoms with Crippen LogP contribution in [-0.4, -0.2) is 81.3 Å². The van der Waals surface area contributed by atoms with Crippen LogP contribution in [0.15, 0.2) is 6.33 Å². The molecule has 4 rings (SSSR count). The molecule has 2 fully saturated rings. The second-order valence-corrected chi connectivity index (χ2v) is 12.0. The highest BCUT2D eigenvalue weighted by Crippen LogP contribution is 2.67. The van der Waals surface area contributed by atoms with Crippen molar-refractivity contribution in [1.82, 2.24) is 19.5 Å². The number of phosphoric ester groups is 1. The lowest BCUT2D eigenvalue weighted by Gasteiger charge is -2.35. The zero-order valence-electron chi connectivity index (χ0n) is 18.4. The Morgan fingerprint density at radius 1 is 1.22 bits per heavy atom. The van der Waals surface area contributed by atoms with Gasteiger partial charge in [0, 0.05) is 0 Å². The minimum atomic E-state index is -5.74. The summed E-state index contributed by atoms with van der Waals surface area (Å²) in [5.41, 5.74) is 4.38. The number of aromatic nitrogens is 4. The second kappa shape index (κ2) is 9.32. The number of aliphatic hydroxyl groups is 1. The number of rotatable bonds is 10. The molecule has 2 aromatic heterocycles. The molecule has 2 aliphatic heterocycles. The molecule has 0 aliphatic carbocycles. The second-order valence-electron chi connectivity index (χ2n) is 7.67. The van der Waals surface area contributed by atoms with Crippen LogP contribution in [-0.2, 0) is 36.3 Å². The van der Waals surface area contributed by atoms with Gasteiger partial charge >= 0.3 is 23.5 Å². The number of hydrogen-bond donors (Lipinski definition) is 6. The molecular weight excluding hydrogens is 555 g/mol. The number of phosphoric acid groups is 3. The predicted molar refractivity (Wildman–Crippen MR) is 114 cm³/mol. The number of anilines is 1. The molecule has 7 atom stereocenters. The Bertz CT molecular complexity index is 1300. The lowest BCUT2D eigenvalue weighted by molar-refractivity contribution is -0.202. The van der Waals surface area contributed by atoms with Gasteiger partial charge in [0.05, 0.1) is 19.5 Å². The topological polar surface area (TPSA) is 277 Å². The van der Waals surface area contributed by atoms with Crippen LogP contribution in [0.2, 0.25) is 0 Å². The van der Waals surface area contributed by atoms with Gasteiger partial charge in [0.15, 0.2) is 17.4 Å². The van der Waals surface area contributed by atoms with Gasteiger partial charge in [-0.3, -0.25) is 9.09 Å². The molecule has 0 radical (unpaired) electrons. The van der Waals surface area contributed by atoms with E-state index in [-0.39, 0.29) is 36.2 Å². The van der Waals surface area contributed by atoms with E-state index in [2.05, 4.69) is 23.6 Å². The Labute approximate surface area is 201 Å². The van der Waals surface area contributed by atoms with Crippen molar-refractivity contribution in [3.8, 4) is 5.88 Å². The van der Waals surface area contributed by atoms with Crippen molar-refractivity contribution < 1.29 is 65.7 Å². The Kier molecular flexibility index (Phi) is 7.11. The number of nitrogens with zero attached hydrogens (tertiary/aromatic N) is 4. The van der Waals surface area contributed by atoms with E-state index in [0.717, 1.165) is 0 Å². The Morgan fingerprint density at radius 3 is 2.56 bits per heavy atom. The third-order valence-electron chi connectivity index (χ3n) is 5.29. The average molecular weight is 577 g/mol. The third-order valence-corrected chi connectivity index (χ3v) is 9.20. The summed E-state index contributed by atoms with van der Waals surface area (Å²) < 4.78 is 65.4. The zero-order chi connectivity index (χ0) is 26.7. The molecule has 2 bridgehead atoms. The summed E-state index contributed by atoms with van der Waals surface area (Å²) in [6.07, 6.45) is -3.81. The van der Waals surface area contributed by atoms with Crippen molar-refractivity contribution in [2.45, 2.75) is 44.0 Å². The number of imidazole rings is 1. The molecule has 0 saturated carbocycles. The molecule has 36 heavy (non-hydrogen) atoms. The van der Waals surface area contributed by atoms with Crippen LogP contribution in [0, 0.1) is 0 Å². The first-order valence-electron chi connectivity index (χ1n) is 10.00. The Morgan fingerprint density at radius 2 is 1.92 bits per heavy atom. The van der Waals surface area contributed by atoms with Crippen LogP contribution in [0.1, 0.15) is 20.1 Å². The van der Waals surface area contributed by atoms with Crippen LogP contribution in [0.4, 0.5) is 5.95 Å². The molecule has 19 nitrogen and oxygen atoms in total. The fraction of sp³-hybridized carbons (Fsp3) is 0.643. The van der Waals surface area contributed by atoms with Crippen LogP contribution in [0.25, 0.3) is 11.2 Å². The van der Waals surface area contributed by atoms with Gasteiger partial charge < -0.3 is 44.6 Å². The highest BCUT2D eigenvalue weighted by atomic mass is 31.3. The molecule has 2 aromatic rings. The maximum Gasteiger partial charge on any atom is 0.490 e. The Balaban J connectivity index is 1.58. The number of hydrogen-bond acceptors (Lipinski definition) is 14. The van der Waals surface area contributed by atoms with Gasteiger partial charge in [-0.15, -0.1) is 0 Å². The predicted octanol–water partition coefficient (Wildman–Crippen LogP) is -0.434. The number of nitrogens with two attached hydrogens (primary N) is 1. The maximum atomic E-state index is 12.3. The van der Waals surface area contributed by atoms with Crippen molar-refractivity contribution in [2.24, 2.45) is 0 Å². The number of aliphatic hydroxyl groups excluding tert-OH is 1. The van der Waals surface area contributed by atoms with E-state index in [1.54, 1.807) is 6.92 Å². The standard InChI is InChI=1S/C14H22N5O14P3/c1-3-28-11-7-10(17-13(15)18-11)19(5-16-7)12-8-9(20)14(30-12,4-29-8)6(2)31-35(24,25)33-36(26,27)32-34(21,22)23/h5-6,8-9,12,20H,3-4H2,1-2H3,(H,24,25)(H,26,27)(H2,15,17,18)(H2,21,22,23)/t6-,8+,9-,12+,14+/m0/s1. The molecule has 2 unspecified atom stereocenters. The molecule has 0 spiro atoms. The summed E-state index contributed by atoms with van der Waals surface area (Å²) in [4.78, 5) is 48.8. The summed E-state index contributed by atoms with van der Waals surface area (Å²) in [6, 6.07) is 0. The third kappa shape index (κ3) is 5.21. The van der Waals surface area contributed by atoms with Gasteiger partial charge in [-0.25, -0.2) is 18.7 Å². The zero-order valence-corrected chi connectivity index (χ0v) is 21.1. The van der Waals surface area contributed by atoms with E-state index in [9.17, 15) is 28.6 Å². The fourth-order valence-electron chi connectivity index (χ4n) is 3.90. The summed E-state index contributed by atoms with van der Waals surface area (Å²) >= 11 is 0. The summed E-state index contributed by atoms with van der Waals surface area (Å²) in [6.45, 7) is 2.84. The van der Waals surface area contributed by atoms with E-state index in [4.69, 9.17) is 34.3 Å². The van der Waals surface area contributed by atoms with E-state index in [1.807, 2.05) is 0 Å². The molecule has 2 aliphatic rings. The molecule has 4 heterocycles. The van der Waals surface area contributed by atoms with Gasteiger partial charge in [-0.2, -0.15) is 18.6 Å². The molecule has 22 heteroatoms. The highest BCUT2D eigenvalue weighted by Gasteiger charge is 2.65. The van der Waals surface area contributed by atoms with Gasteiger partial charge in [-0.1, -0.05) is 0 Å². The van der Waals surface area contributed by atoms with Crippen molar-refractivity contribution in [2.75, 3.05) is 18.9 Å². The molecule has 202 valence electrons. The van der Waals surface area contributed by atoms with Crippen molar-refractivity contribution in [3.63, 3.8) is 0 Å². The first-order valence-corrected chi connectivity index (χ1v) is 14.5. The number of fused-ring (bicyclic) bond motifs is 3. The van der Waals surface area contributed by atoms with E-state index < -0.39 is 53.6 Å². The van der Waals surface area contributed by atoms with E-state index in [0.29, 0.717) is 0 Å². The maximum absolute atomic E-state index is 12.3. The smallest absolute Gasteiger partial charge is 0.476 e. The van der Waals surface area contributed by atoms with Gasteiger partial charge in [0.1, 0.15) is 23.9 Å². The minimum Gasteiger partial charge on any atom is -0.476 e. The molecule has 0 amide bonds. The molecular formula is C14H22N5O14P3. The minimum absolute atomic E-state index is 0.110. The van der Waals surface area contributed by atoms with Crippen LogP contribution < -0.4 is 10.5 Å². The first-order chi connectivity index (χ1) is 16.6. The van der Waals surface area contributed by atoms with Crippen LogP contribution in [0.3, 0.4) is 0 Å². The number of ether oxygens (including phenoxy) is 3. The van der Waals surface area contributed by atoms with Gasteiger partial charge in [0.2, 0.25) is 11.8 Å². The summed E-state index contributed by atoms with van der Waals surface area (Å²) in [5.74, 6) is -0.0211. The van der Waals surface area contributed by atoms with Crippen LogP contribution >= 0.6 is 23.5 Å². The SMILES string of the molecule is CCOc1nc(N)nc2c1ncn2[C@@H]1O[C@@]2([C@H](C)OP(=O)(O)OP(=O)(O)OP(=O)(O)O)CO[C@@H]1[C@@H]2O. The van der Waals surface area contributed by atoms with Crippen molar-refractivity contribution in [3.05, 3.63) is 6.33 Å². The van der Waals surface area contributed by atoms with Crippen molar-refractivity contribution in [1.29, 1.82) is 0 Å². The monoisotopic (exact) mass is 577 g/mol. The lowest BCUT2D eigenvalue weighted by Crippen LogP contribution is -2.50. The van der Waals surface area contributed by atoms with Gasteiger partial charge in [0.25, 0.3) is 0 Å². The quantitative estimate of drug-likeness (QED) is 0.195. The highest BCUT2D eigenvalue weighted by molar-refractivity contribution is 7.66. The normalized spacial score (nSPS) is 30.2. The van der Waals surface area contributed by atoms with E-state index >= 15 is 0 Å². The molecule has 7 N–H and O–H groups in total. The van der Waals surface area contributed by atoms with E-state index in [1.165, 1.54) is 17.8 Å². The van der Waals surface area contributed by atoms with Crippen LogP contribution in [0.5, 0.6) is 5.88 Å². The summed E-state index contributed by atoms with van der Waals surface area (Å²) in [7, 11) is -16.8. The lowest BCUT2D eigenvalue weighted by atomic mass is 9.94. The summed E-state index contributed by atoms with van der Waals surface area (Å²) in [5, 5.41) is 10.9. The van der Waals surface area contributed by atoms with Gasteiger partial charge in [-0.05, 0) is 13.8 Å². The Hall–Kier alpha value is -1.56. The first kappa shape index (κ1) is 27.5.